The molecular formula is C20H25N3O5S2. The van der Waals surface area contributed by atoms with E-state index in [1.807, 2.05) is 0 Å². The molecule has 0 aliphatic carbocycles. The van der Waals surface area contributed by atoms with E-state index in [1.165, 1.54) is 22.8 Å². The number of nitrogens with zero attached hydrogens (tertiary/aromatic N) is 1. The fraction of sp³-hybridized carbons (Fsp3) is 0.400. The van der Waals surface area contributed by atoms with Crippen LogP contribution in [0.1, 0.15) is 25.7 Å². The van der Waals surface area contributed by atoms with Crippen molar-refractivity contribution in [2.24, 2.45) is 0 Å². The minimum absolute atomic E-state index is 0.205. The third-order valence-electron chi connectivity index (χ3n) is 4.96. The zero-order valence-corrected chi connectivity index (χ0v) is 18.3. The van der Waals surface area contributed by atoms with Gasteiger partial charge in [-0.3, -0.25) is 9.59 Å². The van der Waals surface area contributed by atoms with E-state index >= 15 is 0 Å². The molecule has 10 heteroatoms. The van der Waals surface area contributed by atoms with E-state index in [9.17, 15) is 18.0 Å². The number of hydrogen-bond acceptors (Lipinski definition) is 6. The van der Waals surface area contributed by atoms with Crippen molar-refractivity contribution in [2.75, 3.05) is 25.5 Å². The summed E-state index contributed by atoms with van der Waals surface area (Å²) in [5.74, 6) is -1.12. The average molecular weight is 452 g/mol. The molecule has 30 heavy (non-hydrogen) atoms. The number of para-hydroxylation sites is 2. The van der Waals surface area contributed by atoms with Gasteiger partial charge in [-0.2, -0.15) is 4.31 Å². The molecule has 2 heterocycles. The highest BCUT2D eigenvalue weighted by Gasteiger charge is 2.33. The highest BCUT2D eigenvalue weighted by Crippen LogP contribution is 2.29. The molecule has 1 atom stereocenters. The number of nitrogens with one attached hydrogen (secondary N) is 2. The number of methoxy groups -OCH3 is 1. The Kier molecular flexibility index (Phi) is 7.46. The molecule has 0 spiro atoms. The maximum absolute atomic E-state index is 12.9. The second-order valence-corrected chi connectivity index (χ2v) is 9.96. The minimum atomic E-state index is -3.54. The molecule has 1 aliphatic rings. The standard InChI is InChI=1S/C20H25N3O5S2/c1-28-17-9-3-2-8-16(17)22-20(25)19(24)21-12-11-15-7-4-5-13-23(15)30(26,27)18-10-6-14-29-18/h2-3,6,8-10,14-15H,4-5,7,11-13H2,1H3,(H,21,24)(H,22,25)/t15-/m1/s1. The average Bonchev–Trinajstić information content (AvgIpc) is 3.30. The summed E-state index contributed by atoms with van der Waals surface area (Å²) in [6, 6.07) is 9.92. The van der Waals surface area contributed by atoms with E-state index in [0.29, 0.717) is 28.6 Å². The molecular weight excluding hydrogens is 426 g/mol. The molecule has 0 saturated carbocycles. The number of ether oxygens (including phenoxy) is 1. The third-order valence-corrected chi connectivity index (χ3v) is 8.28. The quantitative estimate of drug-likeness (QED) is 0.629. The van der Waals surface area contributed by atoms with Crippen molar-refractivity contribution in [1.82, 2.24) is 9.62 Å². The Morgan fingerprint density at radius 3 is 2.70 bits per heavy atom. The van der Waals surface area contributed by atoms with Gasteiger partial charge in [-0.05, 0) is 42.8 Å². The van der Waals surface area contributed by atoms with E-state index in [1.54, 1.807) is 41.8 Å². The Hall–Kier alpha value is -2.43. The SMILES string of the molecule is COc1ccccc1NC(=O)C(=O)NCC[C@H]1CCCCN1S(=O)(=O)c1cccs1. The number of carbonyl (C=O) groups excluding carboxylic acids is 2. The molecule has 2 N–H and O–H groups in total. The number of piperidine rings is 1. The van der Waals surface area contributed by atoms with Crippen LogP contribution in [0.2, 0.25) is 0 Å². The van der Waals surface area contributed by atoms with Gasteiger partial charge in [0.1, 0.15) is 9.96 Å². The smallest absolute Gasteiger partial charge is 0.313 e. The molecule has 0 bridgehead atoms. The second-order valence-electron chi connectivity index (χ2n) is 6.90. The highest BCUT2D eigenvalue weighted by atomic mass is 32.2. The lowest BCUT2D eigenvalue weighted by atomic mass is 10.0. The van der Waals surface area contributed by atoms with Crippen molar-refractivity contribution in [1.29, 1.82) is 0 Å². The van der Waals surface area contributed by atoms with Gasteiger partial charge in [0.05, 0.1) is 12.8 Å². The molecule has 1 saturated heterocycles. The largest absolute Gasteiger partial charge is 0.495 e. The van der Waals surface area contributed by atoms with E-state index < -0.39 is 21.8 Å². The highest BCUT2D eigenvalue weighted by molar-refractivity contribution is 7.91. The molecule has 2 amide bonds. The first-order valence-corrected chi connectivity index (χ1v) is 12.0. The van der Waals surface area contributed by atoms with E-state index in [-0.39, 0.29) is 12.6 Å². The van der Waals surface area contributed by atoms with Crippen molar-refractivity contribution in [3.05, 3.63) is 41.8 Å². The van der Waals surface area contributed by atoms with Crippen LogP contribution in [-0.2, 0) is 19.6 Å². The van der Waals surface area contributed by atoms with Gasteiger partial charge < -0.3 is 15.4 Å². The molecule has 1 fully saturated rings. The number of thiophene rings is 1. The lowest BCUT2D eigenvalue weighted by Gasteiger charge is -2.34. The molecule has 1 aromatic carbocycles. The van der Waals surface area contributed by atoms with E-state index in [2.05, 4.69) is 10.6 Å². The van der Waals surface area contributed by atoms with Gasteiger partial charge >= 0.3 is 11.8 Å². The molecule has 2 aromatic rings. The van der Waals surface area contributed by atoms with Gasteiger partial charge in [0, 0.05) is 19.1 Å². The summed E-state index contributed by atoms with van der Waals surface area (Å²) in [7, 11) is -2.06. The topological polar surface area (TPSA) is 105 Å². The Morgan fingerprint density at radius 2 is 1.97 bits per heavy atom. The van der Waals surface area contributed by atoms with Gasteiger partial charge in [0.25, 0.3) is 10.0 Å². The second kappa shape index (κ2) is 10.1. The van der Waals surface area contributed by atoms with Crippen LogP contribution in [0.3, 0.4) is 0 Å². The first-order valence-electron chi connectivity index (χ1n) is 9.71. The summed E-state index contributed by atoms with van der Waals surface area (Å²) in [5.41, 5.74) is 0.403. The molecule has 0 unspecified atom stereocenters. The summed E-state index contributed by atoms with van der Waals surface area (Å²) in [6.45, 7) is 0.673. The van der Waals surface area contributed by atoms with Crippen LogP contribution < -0.4 is 15.4 Å². The van der Waals surface area contributed by atoms with Crippen LogP contribution in [0.15, 0.2) is 46.0 Å². The summed E-state index contributed by atoms with van der Waals surface area (Å²) < 4.78 is 32.8. The zero-order valence-electron chi connectivity index (χ0n) is 16.7. The van der Waals surface area contributed by atoms with Crippen LogP contribution in [0, 0.1) is 0 Å². The van der Waals surface area contributed by atoms with Gasteiger partial charge in [0.2, 0.25) is 0 Å². The van der Waals surface area contributed by atoms with Crippen LogP contribution in [0.4, 0.5) is 5.69 Å². The lowest BCUT2D eigenvalue weighted by molar-refractivity contribution is -0.136. The van der Waals surface area contributed by atoms with Crippen molar-refractivity contribution in [2.45, 2.75) is 35.9 Å². The Labute approximate surface area is 180 Å². The normalized spacial score (nSPS) is 17.3. The Morgan fingerprint density at radius 1 is 1.17 bits per heavy atom. The molecule has 162 valence electrons. The minimum Gasteiger partial charge on any atom is -0.495 e. The van der Waals surface area contributed by atoms with E-state index in [4.69, 9.17) is 4.74 Å². The fourth-order valence-electron chi connectivity index (χ4n) is 3.46. The zero-order chi connectivity index (χ0) is 21.6. The summed E-state index contributed by atoms with van der Waals surface area (Å²) >= 11 is 1.20. The van der Waals surface area contributed by atoms with E-state index in [0.717, 1.165) is 19.3 Å². The molecule has 1 aromatic heterocycles. The van der Waals surface area contributed by atoms with Gasteiger partial charge in [0.15, 0.2) is 0 Å². The molecule has 3 rings (SSSR count). The van der Waals surface area contributed by atoms with Crippen LogP contribution in [0.5, 0.6) is 5.75 Å². The molecule has 8 nitrogen and oxygen atoms in total. The van der Waals surface area contributed by atoms with Crippen LogP contribution in [-0.4, -0.2) is 50.8 Å². The number of anilines is 1. The Balaban J connectivity index is 1.55. The first kappa shape index (κ1) is 22.3. The number of benzene rings is 1. The predicted octanol–water partition coefficient (Wildman–Crippen LogP) is 2.44. The number of sulfonamides is 1. The number of amides is 2. The summed E-state index contributed by atoms with van der Waals surface area (Å²) in [5, 5.41) is 6.85. The Bertz CT molecular complexity index is 976. The predicted molar refractivity (Wildman–Crippen MR) is 115 cm³/mol. The number of hydrogen-bond donors (Lipinski definition) is 2. The number of rotatable bonds is 7. The maximum atomic E-state index is 12.9. The maximum Gasteiger partial charge on any atom is 0.313 e. The monoisotopic (exact) mass is 451 g/mol. The summed E-state index contributed by atoms with van der Waals surface area (Å²) in [6.07, 6.45) is 2.92. The van der Waals surface area contributed by atoms with Crippen molar-refractivity contribution in [3.63, 3.8) is 0 Å². The van der Waals surface area contributed by atoms with Crippen LogP contribution in [0.25, 0.3) is 0 Å². The summed E-state index contributed by atoms with van der Waals surface area (Å²) in [4.78, 5) is 24.3. The molecule has 0 radical (unpaired) electrons. The van der Waals surface area contributed by atoms with Gasteiger partial charge in [-0.25, -0.2) is 8.42 Å². The lowest BCUT2D eigenvalue weighted by Crippen LogP contribution is -2.45. The number of carbonyl (C=O) groups is 2. The van der Waals surface area contributed by atoms with Gasteiger partial charge in [-0.1, -0.05) is 24.6 Å². The third kappa shape index (κ3) is 5.18. The molecule has 1 aliphatic heterocycles. The van der Waals surface area contributed by atoms with Crippen molar-refractivity contribution >= 4 is 38.9 Å². The first-order chi connectivity index (χ1) is 14.4. The van der Waals surface area contributed by atoms with Crippen molar-refractivity contribution in [3.8, 4) is 5.75 Å². The fourth-order valence-corrected chi connectivity index (χ4v) is 6.31. The van der Waals surface area contributed by atoms with Crippen molar-refractivity contribution < 1.29 is 22.7 Å². The van der Waals surface area contributed by atoms with Gasteiger partial charge in [-0.15, -0.1) is 11.3 Å². The van der Waals surface area contributed by atoms with Crippen LogP contribution >= 0.6 is 11.3 Å².